The van der Waals surface area contributed by atoms with Crippen molar-refractivity contribution in [3.8, 4) is 0 Å². The monoisotopic (exact) mass is 386 g/mol. The van der Waals surface area contributed by atoms with Gasteiger partial charge in [-0.1, -0.05) is 41.9 Å². The quantitative estimate of drug-likeness (QED) is 0.817. The van der Waals surface area contributed by atoms with E-state index in [9.17, 15) is 9.59 Å². The molecule has 0 saturated carbocycles. The molecule has 1 saturated heterocycles. The SMILES string of the molecule is CCN(Cc1ccccc1)C(=O)c1cc(NC(=O)C2CCOC2)ccc1Cl. The molecule has 142 valence electrons. The molecule has 0 radical (unpaired) electrons. The molecule has 2 amide bonds. The highest BCUT2D eigenvalue weighted by molar-refractivity contribution is 6.34. The summed E-state index contributed by atoms with van der Waals surface area (Å²) in [4.78, 5) is 27.0. The summed E-state index contributed by atoms with van der Waals surface area (Å²) in [6.45, 7) is 4.03. The van der Waals surface area contributed by atoms with Crippen LogP contribution in [0.1, 0.15) is 29.3 Å². The smallest absolute Gasteiger partial charge is 0.255 e. The Labute approximate surface area is 164 Å². The molecule has 0 aliphatic carbocycles. The first kappa shape index (κ1) is 19.4. The van der Waals surface area contributed by atoms with Gasteiger partial charge in [-0.05, 0) is 37.1 Å². The molecule has 1 aliphatic rings. The van der Waals surface area contributed by atoms with Crippen molar-refractivity contribution in [1.82, 2.24) is 4.90 Å². The molecule has 1 heterocycles. The van der Waals surface area contributed by atoms with Gasteiger partial charge in [0.2, 0.25) is 5.91 Å². The summed E-state index contributed by atoms with van der Waals surface area (Å²) in [6.07, 6.45) is 0.714. The molecular formula is C21H23ClN2O3. The topological polar surface area (TPSA) is 58.6 Å². The highest BCUT2D eigenvalue weighted by Crippen LogP contribution is 2.24. The van der Waals surface area contributed by atoms with Gasteiger partial charge in [0.1, 0.15) is 0 Å². The fraction of sp³-hybridized carbons (Fsp3) is 0.333. The molecule has 1 N–H and O–H groups in total. The Hall–Kier alpha value is -2.37. The van der Waals surface area contributed by atoms with Crippen LogP contribution in [0.5, 0.6) is 0 Å². The average molecular weight is 387 g/mol. The van der Waals surface area contributed by atoms with Crippen LogP contribution in [0.2, 0.25) is 5.02 Å². The molecule has 1 unspecified atom stereocenters. The van der Waals surface area contributed by atoms with Gasteiger partial charge in [-0.2, -0.15) is 0 Å². The minimum atomic E-state index is -0.161. The first-order valence-corrected chi connectivity index (χ1v) is 9.47. The molecule has 1 aliphatic heterocycles. The number of rotatable bonds is 6. The third-order valence-electron chi connectivity index (χ3n) is 4.65. The largest absolute Gasteiger partial charge is 0.381 e. The molecule has 0 aromatic heterocycles. The second-order valence-corrected chi connectivity index (χ2v) is 6.96. The second kappa shape index (κ2) is 9.02. The number of carbonyl (C=O) groups excluding carboxylic acids is 2. The Morgan fingerprint density at radius 3 is 2.67 bits per heavy atom. The number of nitrogens with one attached hydrogen (secondary N) is 1. The van der Waals surface area contributed by atoms with Gasteiger partial charge in [0, 0.05) is 25.4 Å². The van der Waals surface area contributed by atoms with Gasteiger partial charge in [0.15, 0.2) is 0 Å². The van der Waals surface area contributed by atoms with Crippen molar-refractivity contribution in [2.75, 3.05) is 25.1 Å². The van der Waals surface area contributed by atoms with Crippen LogP contribution in [0, 0.1) is 5.92 Å². The van der Waals surface area contributed by atoms with Crippen LogP contribution in [-0.4, -0.2) is 36.5 Å². The van der Waals surface area contributed by atoms with E-state index in [1.54, 1.807) is 23.1 Å². The minimum absolute atomic E-state index is 0.0927. The van der Waals surface area contributed by atoms with Crippen molar-refractivity contribution in [1.29, 1.82) is 0 Å². The van der Waals surface area contributed by atoms with Crippen LogP contribution in [-0.2, 0) is 16.1 Å². The molecule has 27 heavy (non-hydrogen) atoms. The van der Waals surface area contributed by atoms with E-state index in [0.29, 0.717) is 49.0 Å². The number of benzene rings is 2. The minimum Gasteiger partial charge on any atom is -0.381 e. The predicted octanol–water partition coefficient (Wildman–Crippen LogP) is 3.98. The summed E-state index contributed by atoms with van der Waals surface area (Å²) in [6, 6.07) is 14.8. The number of nitrogens with zero attached hydrogens (tertiary/aromatic N) is 1. The van der Waals surface area contributed by atoms with Crippen molar-refractivity contribution >= 4 is 29.1 Å². The van der Waals surface area contributed by atoms with E-state index >= 15 is 0 Å². The zero-order chi connectivity index (χ0) is 19.2. The fourth-order valence-corrected chi connectivity index (χ4v) is 3.25. The molecule has 2 aromatic carbocycles. The molecule has 1 atom stereocenters. The first-order chi connectivity index (χ1) is 13.1. The Kier molecular flexibility index (Phi) is 6.48. The van der Waals surface area contributed by atoms with E-state index in [0.717, 1.165) is 5.56 Å². The van der Waals surface area contributed by atoms with Gasteiger partial charge in [-0.3, -0.25) is 9.59 Å². The maximum atomic E-state index is 13.0. The molecule has 5 nitrogen and oxygen atoms in total. The van der Waals surface area contributed by atoms with Crippen LogP contribution >= 0.6 is 11.6 Å². The Balaban J connectivity index is 1.75. The van der Waals surface area contributed by atoms with Gasteiger partial charge in [-0.25, -0.2) is 0 Å². The third kappa shape index (κ3) is 4.87. The lowest BCUT2D eigenvalue weighted by Gasteiger charge is -2.22. The first-order valence-electron chi connectivity index (χ1n) is 9.10. The number of ether oxygens (including phenoxy) is 1. The van der Waals surface area contributed by atoms with E-state index in [1.165, 1.54) is 0 Å². The fourth-order valence-electron chi connectivity index (χ4n) is 3.05. The van der Waals surface area contributed by atoms with Gasteiger partial charge < -0.3 is 15.0 Å². The van der Waals surface area contributed by atoms with Crippen LogP contribution in [0.4, 0.5) is 5.69 Å². The summed E-state index contributed by atoms with van der Waals surface area (Å²) in [5.74, 6) is -0.401. The number of hydrogen-bond donors (Lipinski definition) is 1. The Morgan fingerprint density at radius 2 is 2.00 bits per heavy atom. The van der Waals surface area contributed by atoms with Crippen molar-refractivity contribution in [3.05, 3.63) is 64.7 Å². The highest BCUT2D eigenvalue weighted by atomic mass is 35.5. The zero-order valence-electron chi connectivity index (χ0n) is 15.3. The number of anilines is 1. The van der Waals surface area contributed by atoms with Crippen LogP contribution < -0.4 is 5.32 Å². The van der Waals surface area contributed by atoms with Crippen molar-refractivity contribution in [2.45, 2.75) is 19.9 Å². The van der Waals surface area contributed by atoms with Crippen molar-refractivity contribution < 1.29 is 14.3 Å². The summed E-state index contributed by atoms with van der Waals surface area (Å²) in [5.41, 5.74) is 2.00. The molecule has 2 aromatic rings. The van der Waals surface area contributed by atoms with Gasteiger partial charge in [-0.15, -0.1) is 0 Å². The number of carbonyl (C=O) groups is 2. The van der Waals surface area contributed by atoms with Gasteiger partial charge in [0.25, 0.3) is 5.91 Å². The van der Waals surface area contributed by atoms with E-state index in [1.807, 2.05) is 37.3 Å². The maximum Gasteiger partial charge on any atom is 0.255 e. The molecule has 0 bridgehead atoms. The van der Waals surface area contributed by atoms with Gasteiger partial charge >= 0.3 is 0 Å². The van der Waals surface area contributed by atoms with Crippen LogP contribution in [0.15, 0.2) is 48.5 Å². The number of amides is 2. The second-order valence-electron chi connectivity index (χ2n) is 6.55. The molecule has 3 rings (SSSR count). The molecule has 1 fully saturated rings. The lowest BCUT2D eigenvalue weighted by Crippen LogP contribution is -2.30. The van der Waals surface area contributed by atoms with Gasteiger partial charge in [0.05, 0.1) is 23.1 Å². The summed E-state index contributed by atoms with van der Waals surface area (Å²) >= 11 is 6.28. The molecular weight excluding hydrogens is 364 g/mol. The normalized spacial score (nSPS) is 16.1. The lowest BCUT2D eigenvalue weighted by atomic mass is 10.1. The Bertz CT molecular complexity index is 804. The molecule has 6 heteroatoms. The predicted molar refractivity (Wildman–Crippen MR) is 106 cm³/mol. The number of halogens is 1. The number of hydrogen-bond acceptors (Lipinski definition) is 3. The van der Waals surface area contributed by atoms with E-state index in [2.05, 4.69) is 5.32 Å². The lowest BCUT2D eigenvalue weighted by molar-refractivity contribution is -0.119. The van der Waals surface area contributed by atoms with Crippen molar-refractivity contribution in [3.63, 3.8) is 0 Å². The summed E-state index contributed by atoms with van der Waals surface area (Å²) in [7, 11) is 0. The third-order valence-corrected chi connectivity index (χ3v) is 4.98. The maximum absolute atomic E-state index is 13.0. The van der Waals surface area contributed by atoms with E-state index in [4.69, 9.17) is 16.3 Å². The van der Waals surface area contributed by atoms with E-state index in [-0.39, 0.29) is 17.7 Å². The Morgan fingerprint density at radius 1 is 1.22 bits per heavy atom. The average Bonchev–Trinajstić information content (AvgIpc) is 3.23. The van der Waals surface area contributed by atoms with Crippen molar-refractivity contribution in [2.24, 2.45) is 5.92 Å². The summed E-state index contributed by atoms with van der Waals surface area (Å²) < 4.78 is 5.26. The van der Waals surface area contributed by atoms with Crippen LogP contribution in [0.3, 0.4) is 0 Å². The summed E-state index contributed by atoms with van der Waals surface area (Å²) in [5, 5.41) is 3.23. The van der Waals surface area contributed by atoms with E-state index < -0.39 is 0 Å². The molecule has 0 spiro atoms. The highest BCUT2D eigenvalue weighted by Gasteiger charge is 2.24. The van der Waals surface area contributed by atoms with Crippen LogP contribution in [0.25, 0.3) is 0 Å². The standard InChI is InChI=1S/C21H23ClN2O3/c1-2-24(13-15-6-4-3-5-7-15)21(26)18-12-17(8-9-19(18)22)23-20(25)16-10-11-27-14-16/h3-9,12,16H,2,10-11,13-14H2,1H3,(H,23,25). The zero-order valence-corrected chi connectivity index (χ0v) is 16.0.